The van der Waals surface area contributed by atoms with Crippen LogP contribution in [0.4, 0.5) is 0 Å². The van der Waals surface area contributed by atoms with E-state index >= 15 is 0 Å². The van der Waals surface area contributed by atoms with E-state index in [4.69, 9.17) is 0 Å². The summed E-state index contributed by atoms with van der Waals surface area (Å²) in [4.78, 5) is 0. The first-order valence-electron chi connectivity index (χ1n) is 7.34. The van der Waals surface area contributed by atoms with Crippen molar-refractivity contribution in [3.05, 3.63) is 48.0 Å². The summed E-state index contributed by atoms with van der Waals surface area (Å²) in [6, 6.07) is 10.1. The number of rotatable bonds is 3. The minimum Gasteiger partial charge on any atom is -0.388 e. The first-order chi connectivity index (χ1) is 8.93. The molecule has 1 aliphatic rings. The van der Waals surface area contributed by atoms with E-state index in [1.54, 1.807) is 0 Å². The highest BCUT2D eigenvalue weighted by Crippen LogP contribution is 2.49. The molecular formula is C18H26O. The minimum atomic E-state index is -0.399. The summed E-state index contributed by atoms with van der Waals surface area (Å²) >= 11 is 0. The van der Waals surface area contributed by atoms with Crippen molar-refractivity contribution in [1.82, 2.24) is 0 Å². The van der Waals surface area contributed by atoms with Crippen molar-refractivity contribution in [2.45, 2.75) is 52.6 Å². The van der Waals surface area contributed by atoms with Crippen LogP contribution in [0.25, 0.3) is 0 Å². The third-order valence-corrected chi connectivity index (χ3v) is 3.98. The Bertz CT molecular complexity index is 427. The van der Waals surface area contributed by atoms with Crippen LogP contribution in [0.2, 0.25) is 0 Å². The van der Waals surface area contributed by atoms with E-state index in [1.807, 2.05) is 30.3 Å². The van der Waals surface area contributed by atoms with Crippen LogP contribution in [-0.4, -0.2) is 5.11 Å². The van der Waals surface area contributed by atoms with Gasteiger partial charge in [0.2, 0.25) is 0 Å². The minimum absolute atomic E-state index is 0.0994. The van der Waals surface area contributed by atoms with E-state index in [0.717, 1.165) is 24.8 Å². The lowest BCUT2D eigenvalue weighted by atomic mass is 9.64. The predicted molar refractivity (Wildman–Crippen MR) is 80.9 cm³/mol. The molecule has 0 radical (unpaired) electrons. The van der Waals surface area contributed by atoms with Crippen molar-refractivity contribution >= 4 is 0 Å². The number of benzene rings is 1. The van der Waals surface area contributed by atoms with Crippen LogP contribution >= 0.6 is 0 Å². The average Bonchev–Trinajstić information content (AvgIpc) is 2.38. The van der Waals surface area contributed by atoms with Gasteiger partial charge in [-0.1, -0.05) is 63.3 Å². The Morgan fingerprint density at radius 3 is 2.42 bits per heavy atom. The number of aliphatic hydroxyl groups excluding tert-OH is 1. The van der Waals surface area contributed by atoms with Gasteiger partial charge in [-0.2, -0.15) is 0 Å². The molecule has 104 valence electrons. The van der Waals surface area contributed by atoms with E-state index in [1.165, 1.54) is 6.42 Å². The Kier molecular flexibility index (Phi) is 4.15. The van der Waals surface area contributed by atoms with Gasteiger partial charge in [0.05, 0.1) is 6.10 Å². The van der Waals surface area contributed by atoms with Gasteiger partial charge in [-0.15, -0.1) is 0 Å². The third kappa shape index (κ3) is 3.48. The van der Waals surface area contributed by atoms with Crippen molar-refractivity contribution in [2.75, 3.05) is 0 Å². The van der Waals surface area contributed by atoms with Gasteiger partial charge >= 0.3 is 0 Å². The van der Waals surface area contributed by atoms with E-state index in [9.17, 15) is 5.11 Å². The van der Waals surface area contributed by atoms with Gasteiger partial charge in [-0.3, -0.25) is 0 Å². The topological polar surface area (TPSA) is 20.2 Å². The molecule has 1 N–H and O–H groups in total. The fourth-order valence-electron chi connectivity index (χ4n) is 3.38. The molecule has 1 aliphatic carbocycles. The van der Waals surface area contributed by atoms with Crippen LogP contribution in [0.1, 0.15) is 58.1 Å². The first-order valence-corrected chi connectivity index (χ1v) is 7.34. The van der Waals surface area contributed by atoms with Crippen molar-refractivity contribution in [3.63, 3.8) is 0 Å². The average molecular weight is 258 g/mol. The van der Waals surface area contributed by atoms with Gasteiger partial charge in [-0.25, -0.2) is 0 Å². The molecule has 0 aliphatic heterocycles. The molecule has 0 spiro atoms. The lowest BCUT2D eigenvalue weighted by Crippen LogP contribution is -2.33. The molecule has 0 heterocycles. The summed E-state index contributed by atoms with van der Waals surface area (Å²) in [5.41, 5.74) is 1.16. The van der Waals surface area contributed by atoms with Crippen LogP contribution < -0.4 is 0 Å². The first kappa shape index (κ1) is 14.3. The Hall–Kier alpha value is -1.08. The maximum Gasteiger partial charge on any atom is 0.0880 e. The molecular weight excluding hydrogens is 232 g/mol. The van der Waals surface area contributed by atoms with Crippen LogP contribution in [-0.2, 0) is 0 Å². The number of hydrogen-bond donors (Lipinski definition) is 1. The van der Waals surface area contributed by atoms with Gasteiger partial charge in [-0.05, 0) is 36.7 Å². The second-order valence-corrected chi connectivity index (χ2v) is 7.08. The molecule has 0 unspecified atom stereocenters. The van der Waals surface area contributed by atoms with Crippen molar-refractivity contribution in [3.8, 4) is 0 Å². The van der Waals surface area contributed by atoms with E-state index in [0.29, 0.717) is 0 Å². The normalized spacial score (nSPS) is 25.3. The van der Waals surface area contributed by atoms with Gasteiger partial charge in [0.15, 0.2) is 0 Å². The third-order valence-electron chi connectivity index (χ3n) is 3.98. The Morgan fingerprint density at radius 2 is 1.89 bits per heavy atom. The van der Waals surface area contributed by atoms with Crippen LogP contribution in [0.15, 0.2) is 42.5 Å². The molecule has 1 nitrogen and oxygen atoms in total. The zero-order valence-corrected chi connectivity index (χ0v) is 12.4. The summed E-state index contributed by atoms with van der Waals surface area (Å²) < 4.78 is 0. The molecule has 2 atom stereocenters. The summed E-state index contributed by atoms with van der Waals surface area (Å²) in [6.07, 6.45) is 8.55. The van der Waals surface area contributed by atoms with Gasteiger partial charge in [0.25, 0.3) is 0 Å². The van der Waals surface area contributed by atoms with Crippen molar-refractivity contribution in [2.24, 2.45) is 10.8 Å². The zero-order valence-electron chi connectivity index (χ0n) is 12.4. The lowest BCUT2D eigenvalue weighted by Gasteiger charge is -2.42. The van der Waals surface area contributed by atoms with E-state index < -0.39 is 6.10 Å². The van der Waals surface area contributed by atoms with E-state index in [-0.39, 0.29) is 10.8 Å². The SMILES string of the molecule is CC(C)(C)C[C@@]1([C@@H](O)c2ccccc2)C=CCCC1. The maximum atomic E-state index is 10.9. The molecule has 0 amide bonds. The summed E-state index contributed by atoms with van der Waals surface area (Å²) in [5, 5.41) is 10.9. The van der Waals surface area contributed by atoms with E-state index in [2.05, 4.69) is 32.9 Å². The summed E-state index contributed by atoms with van der Waals surface area (Å²) in [7, 11) is 0. The Labute approximate surface area is 117 Å². The molecule has 1 heteroatoms. The summed E-state index contributed by atoms with van der Waals surface area (Å²) in [6.45, 7) is 6.78. The fraction of sp³-hybridized carbons (Fsp3) is 0.556. The number of aliphatic hydroxyl groups is 1. The lowest BCUT2D eigenvalue weighted by molar-refractivity contribution is 0.0173. The van der Waals surface area contributed by atoms with Crippen LogP contribution in [0, 0.1) is 10.8 Å². The second kappa shape index (κ2) is 5.50. The molecule has 0 saturated carbocycles. The quantitative estimate of drug-likeness (QED) is 0.766. The number of allylic oxidation sites excluding steroid dienone is 1. The molecule has 2 rings (SSSR count). The summed E-state index contributed by atoms with van der Waals surface area (Å²) in [5.74, 6) is 0. The van der Waals surface area contributed by atoms with Crippen molar-refractivity contribution in [1.29, 1.82) is 0 Å². The molecule has 0 saturated heterocycles. The molecule has 0 aromatic heterocycles. The fourth-order valence-corrected chi connectivity index (χ4v) is 3.38. The van der Waals surface area contributed by atoms with Gasteiger partial charge in [0, 0.05) is 5.41 Å². The Balaban J connectivity index is 2.32. The highest BCUT2D eigenvalue weighted by Gasteiger charge is 2.40. The standard InChI is InChI=1S/C18H26O/c1-17(2,3)14-18(12-8-5-9-13-18)16(19)15-10-6-4-7-11-15/h4,6-8,10-12,16,19H,5,9,13-14H2,1-3H3/t16-,18+/m0/s1. The molecule has 1 aromatic carbocycles. The Morgan fingerprint density at radius 1 is 1.21 bits per heavy atom. The smallest absolute Gasteiger partial charge is 0.0880 e. The van der Waals surface area contributed by atoms with Crippen LogP contribution in [0.3, 0.4) is 0 Å². The predicted octanol–water partition coefficient (Wildman–Crippen LogP) is 4.88. The highest BCUT2D eigenvalue weighted by molar-refractivity contribution is 5.23. The van der Waals surface area contributed by atoms with Gasteiger partial charge in [0.1, 0.15) is 0 Å². The largest absolute Gasteiger partial charge is 0.388 e. The molecule has 0 fully saturated rings. The molecule has 1 aromatic rings. The monoisotopic (exact) mass is 258 g/mol. The molecule has 0 bridgehead atoms. The zero-order chi connectivity index (χ0) is 13.9. The second-order valence-electron chi connectivity index (χ2n) is 7.08. The van der Waals surface area contributed by atoms with Gasteiger partial charge < -0.3 is 5.11 Å². The van der Waals surface area contributed by atoms with Crippen molar-refractivity contribution < 1.29 is 5.11 Å². The molecule has 19 heavy (non-hydrogen) atoms. The number of hydrogen-bond acceptors (Lipinski definition) is 1. The maximum absolute atomic E-state index is 10.9. The highest BCUT2D eigenvalue weighted by atomic mass is 16.3. The van der Waals surface area contributed by atoms with Crippen LogP contribution in [0.5, 0.6) is 0 Å².